The zero-order chi connectivity index (χ0) is 63.3. The summed E-state index contributed by atoms with van der Waals surface area (Å²) in [5, 5.41) is 11.8. The van der Waals surface area contributed by atoms with Gasteiger partial charge in [-0.2, -0.15) is 0 Å². The summed E-state index contributed by atoms with van der Waals surface area (Å²) in [5.41, 5.74) is 0. The third-order valence-electron chi connectivity index (χ3n) is 14.6. The molecule has 494 valence electrons. The SMILES string of the molecule is CC/C=C\C/C=C\C/C=C\C/C=C\C/C=C\C/C=C\C/C=C\C/C=C\C/C=C\CCCCCCCCCCCCCC(=O)OC(COC(=O)CCCCCCCCCC/C=C\C/C=C\C/C=C\CCCCCCC)COC(OCC[N+](C)(C)C)C(=O)[O-]. The van der Waals surface area contributed by atoms with E-state index in [-0.39, 0.29) is 38.6 Å². The Balaban J connectivity index is 4.17. The van der Waals surface area contributed by atoms with Gasteiger partial charge in [-0.05, 0) is 122 Å². The highest BCUT2D eigenvalue weighted by Gasteiger charge is 2.22. The number of rotatable bonds is 63. The molecule has 0 spiro atoms. The molecule has 0 aromatic carbocycles. The van der Waals surface area contributed by atoms with Crippen LogP contribution in [0.25, 0.3) is 0 Å². The predicted molar refractivity (Wildman–Crippen MR) is 370 cm³/mol. The lowest BCUT2D eigenvalue weighted by atomic mass is 10.0. The van der Waals surface area contributed by atoms with E-state index in [2.05, 4.69) is 160 Å². The van der Waals surface area contributed by atoms with Crippen LogP contribution in [-0.2, 0) is 33.3 Å². The summed E-state index contributed by atoms with van der Waals surface area (Å²) in [6, 6.07) is 0. The number of aliphatic carboxylic acids is 1. The maximum absolute atomic E-state index is 12.9. The van der Waals surface area contributed by atoms with Gasteiger partial charge in [-0.25, -0.2) is 0 Å². The van der Waals surface area contributed by atoms with Gasteiger partial charge in [-0.3, -0.25) is 9.59 Å². The molecule has 0 aliphatic rings. The molecule has 0 amide bonds. The van der Waals surface area contributed by atoms with Crippen molar-refractivity contribution in [3.8, 4) is 0 Å². The van der Waals surface area contributed by atoms with Crippen molar-refractivity contribution in [3.05, 3.63) is 146 Å². The first kappa shape index (κ1) is 82.2. The normalized spacial score (nSPS) is 13.6. The predicted octanol–water partition coefficient (Wildman–Crippen LogP) is 20.6. The summed E-state index contributed by atoms with van der Waals surface area (Å²) < 4.78 is 22.8. The van der Waals surface area contributed by atoms with Crippen LogP contribution in [0.5, 0.6) is 0 Å². The van der Waals surface area contributed by atoms with Gasteiger partial charge in [0.05, 0.1) is 40.3 Å². The Hall–Kier alpha value is -4.83. The molecule has 0 N–H and O–H groups in total. The van der Waals surface area contributed by atoms with Crippen LogP contribution >= 0.6 is 0 Å². The summed E-state index contributed by atoms with van der Waals surface area (Å²) >= 11 is 0. The van der Waals surface area contributed by atoms with E-state index < -0.39 is 24.3 Å². The minimum Gasteiger partial charge on any atom is -0.545 e. The van der Waals surface area contributed by atoms with Crippen LogP contribution in [0.2, 0.25) is 0 Å². The molecule has 0 bridgehead atoms. The number of unbranched alkanes of at least 4 members (excludes halogenated alkanes) is 24. The topological polar surface area (TPSA) is 111 Å². The third-order valence-corrected chi connectivity index (χ3v) is 14.6. The highest BCUT2D eigenvalue weighted by Crippen LogP contribution is 2.16. The molecule has 0 radical (unpaired) electrons. The standard InChI is InChI=1S/C78H129NO8/c1-6-8-10-12-14-16-18-20-22-24-26-28-30-31-32-33-34-35-36-37-38-39-40-41-42-43-44-45-47-49-51-53-55-57-59-61-63-65-67-69-76(81)87-74(73-86-78(77(82)83)84-71-70-79(3,4)5)72-85-75(80)68-66-64-62-60-58-56-54-52-50-48-46-29-27-25-23-21-19-17-15-13-11-9-7-2/h8,10,14,16,19-22,25-28,31-32,34-35,37-38,40-41,43-44,46,48,74,78H,6-7,9,11-13,15,17-18,23-24,29-30,33,36,39,42,45,47,49-73H2,1-5H3/b10-8-,16-14-,21-19-,22-20-,27-25-,28-26-,32-31-,35-34-,38-37-,41-40-,44-43-,48-46-. The Morgan fingerprint density at radius 1 is 0.356 bits per heavy atom. The number of allylic oxidation sites excluding steroid dienone is 24. The molecule has 0 saturated carbocycles. The second kappa shape index (κ2) is 67.1. The number of hydrogen-bond acceptors (Lipinski definition) is 8. The molecule has 9 heteroatoms. The summed E-state index contributed by atoms with van der Waals surface area (Å²) in [7, 11) is 5.92. The summed E-state index contributed by atoms with van der Waals surface area (Å²) in [5.74, 6) is -2.30. The molecular formula is C78H129NO8. The fourth-order valence-corrected chi connectivity index (χ4v) is 9.24. The van der Waals surface area contributed by atoms with Crippen molar-refractivity contribution in [3.63, 3.8) is 0 Å². The number of likely N-dealkylation sites (N-methyl/N-ethyl adjacent to an activating group) is 1. The number of hydrogen-bond donors (Lipinski definition) is 0. The molecule has 0 fully saturated rings. The number of carbonyl (C=O) groups excluding carboxylic acids is 3. The Kier molecular flexibility index (Phi) is 63.4. The molecule has 0 aromatic heterocycles. The molecule has 87 heavy (non-hydrogen) atoms. The quantitative estimate of drug-likeness (QED) is 0.0195. The molecule has 0 rings (SSSR count). The van der Waals surface area contributed by atoms with Crippen molar-refractivity contribution in [2.24, 2.45) is 0 Å². The highest BCUT2D eigenvalue weighted by molar-refractivity contribution is 5.70. The number of carboxylic acids is 1. The van der Waals surface area contributed by atoms with Gasteiger partial charge in [-0.1, -0.05) is 282 Å². The molecule has 0 aliphatic carbocycles. The lowest BCUT2D eigenvalue weighted by molar-refractivity contribution is -0.870. The number of quaternary nitrogens is 1. The lowest BCUT2D eigenvalue weighted by Gasteiger charge is -2.26. The Bertz CT molecular complexity index is 1940. The first-order valence-electron chi connectivity index (χ1n) is 35.0. The van der Waals surface area contributed by atoms with Crippen molar-refractivity contribution in [2.75, 3.05) is 47.5 Å². The summed E-state index contributed by atoms with van der Waals surface area (Å²) in [4.78, 5) is 37.5. The number of esters is 2. The van der Waals surface area contributed by atoms with Crippen molar-refractivity contribution in [2.45, 2.75) is 283 Å². The molecule has 2 atom stereocenters. The first-order chi connectivity index (χ1) is 42.6. The van der Waals surface area contributed by atoms with Gasteiger partial charge in [0.25, 0.3) is 0 Å². The van der Waals surface area contributed by atoms with Gasteiger partial charge in [-0.15, -0.1) is 0 Å². The maximum Gasteiger partial charge on any atom is 0.306 e. The molecular weight excluding hydrogens is 1080 g/mol. The largest absolute Gasteiger partial charge is 0.545 e. The van der Waals surface area contributed by atoms with Crippen LogP contribution in [0.3, 0.4) is 0 Å². The van der Waals surface area contributed by atoms with Crippen molar-refractivity contribution < 1.29 is 42.9 Å². The second-order valence-electron chi connectivity index (χ2n) is 24.1. The van der Waals surface area contributed by atoms with Crippen LogP contribution in [0, 0.1) is 0 Å². The van der Waals surface area contributed by atoms with Gasteiger partial charge < -0.3 is 33.3 Å². The molecule has 0 heterocycles. The van der Waals surface area contributed by atoms with Crippen LogP contribution in [0.1, 0.15) is 271 Å². The van der Waals surface area contributed by atoms with E-state index in [1.54, 1.807) is 0 Å². The van der Waals surface area contributed by atoms with Gasteiger partial charge in [0, 0.05) is 12.8 Å². The van der Waals surface area contributed by atoms with E-state index in [4.69, 9.17) is 18.9 Å². The Morgan fingerprint density at radius 2 is 0.655 bits per heavy atom. The second-order valence-corrected chi connectivity index (χ2v) is 24.1. The average Bonchev–Trinajstić information content (AvgIpc) is 3.55. The third kappa shape index (κ3) is 68.5. The van der Waals surface area contributed by atoms with Crippen LogP contribution in [-0.4, -0.2) is 82.3 Å². The highest BCUT2D eigenvalue weighted by atomic mass is 16.7. The Labute approximate surface area is 534 Å². The summed E-state index contributed by atoms with van der Waals surface area (Å²) in [6.45, 7) is 4.61. The Morgan fingerprint density at radius 3 is 0.977 bits per heavy atom. The van der Waals surface area contributed by atoms with Gasteiger partial charge >= 0.3 is 11.9 Å². The van der Waals surface area contributed by atoms with E-state index >= 15 is 0 Å². The number of carboxylic acid groups (broad SMARTS) is 1. The monoisotopic (exact) mass is 1210 g/mol. The zero-order valence-corrected chi connectivity index (χ0v) is 56.3. The minimum atomic E-state index is -1.63. The maximum atomic E-state index is 12.9. The van der Waals surface area contributed by atoms with Gasteiger partial charge in [0.1, 0.15) is 13.2 Å². The molecule has 0 aliphatic heterocycles. The van der Waals surface area contributed by atoms with E-state index in [9.17, 15) is 19.5 Å². The molecule has 2 unspecified atom stereocenters. The molecule has 0 aromatic rings. The fraction of sp³-hybridized carbons (Fsp3) is 0.654. The first-order valence-corrected chi connectivity index (χ1v) is 35.0. The van der Waals surface area contributed by atoms with Gasteiger partial charge in [0.2, 0.25) is 0 Å². The lowest BCUT2D eigenvalue weighted by Crippen LogP contribution is -2.44. The summed E-state index contributed by atoms with van der Waals surface area (Å²) in [6.07, 6.45) is 94.9. The smallest absolute Gasteiger partial charge is 0.306 e. The molecule has 9 nitrogen and oxygen atoms in total. The fourth-order valence-electron chi connectivity index (χ4n) is 9.24. The van der Waals surface area contributed by atoms with E-state index in [1.807, 2.05) is 21.1 Å². The van der Waals surface area contributed by atoms with Crippen molar-refractivity contribution in [1.29, 1.82) is 0 Å². The van der Waals surface area contributed by atoms with E-state index in [1.165, 1.54) is 109 Å². The van der Waals surface area contributed by atoms with E-state index in [0.29, 0.717) is 17.4 Å². The van der Waals surface area contributed by atoms with Crippen LogP contribution in [0.15, 0.2) is 146 Å². The average molecular weight is 1210 g/mol. The number of ether oxygens (including phenoxy) is 4. The van der Waals surface area contributed by atoms with Crippen molar-refractivity contribution >= 4 is 17.9 Å². The van der Waals surface area contributed by atoms with Gasteiger partial charge in [0.15, 0.2) is 12.4 Å². The zero-order valence-electron chi connectivity index (χ0n) is 56.3. The van der Waals surface area contributed by atoms with Crippen molar-refractivity contribution in [1.82, 2.24) is 0 Å². The number of carbonyl (C=O) groups is 3. The number of nitrogens with zero attached hydrogens (tertiary/aromatic N) is 1. The minimum absolute atomic E-state index is 0.139. The molecule has 0 saturated heterocycles. The van der Waals surface area contributed by atoms with Crippen LogP contribution in [0.4, 0.5) is 0 Å². The van der Waals surface area contributed by atoms with E-state index in [0.717, 1.165) is 128 Å². The van der Waals surface area contributed by atoms with Crippen LogP contribution < -0.4 is 5.11 Å².